The van der Waals surface area contributed by atoms with E-state index in [0.29, 0.717) is 13.0 Å². The number of hydrogen-bond donors (Lipinski definition) is 1. The van der Waals surface area contributed by atoms with E-state index >= 15 is 0 Å². The van der Waals surface area contributed by atoms with Gasteiger partial charge in [-0.25, -0.2) is 9.97 Å². The smallest absolute Gasteiger partial charge is 0.391 e. The number of nitrogens with zero attached hydrogens (tertiary/aromatic N) is 3. The van der Waals surface area contributed by atoms with Crippen molar-refractivity contribution in [2.45, 2.75) is 24.6 Å². The van der Waals surface area contributed by atoms with Crippen LogP contribution >= 0.6 is 0 Å². The Hall–Kier alpha value is -2.67. The Balaban J connectivity index is 1.54. The Morgan fingerprint density at radius 2 is 1.81 bits per heavy atom. The molecule has 2 aromatic carbocycles. The van der Waals surface area contributed by atoms with Crippen LogP contribution in [0.3, 0.4) is 0 Å². The van der Waals surface area contributed by atoms with Crippen molar-refractivity contribution in [1.82, 2.24) is 9.97 Å². The summed E-state index contributed by atoms with van der Waals surface area (Å²) in [5, 5.41) is 12.9. The molecule has 2 heterocycles. The zero-order valence-corrected chi connectivity index (χ0v) is 14.4. The number of anilines is 1. The molecule has 7 heteroatoms. The summed E-state index contributed by atoms with van der Waals surface area (Å²) in [7, 11) is 0. The van der Waals surface area contributed by atoms with Gasteiger partial charge in [0.2, 0.25) is 5.95 Å². The van der Waals surface area contributed by atoms with Crippen molar-refractivity contribution in [3.05, 3.63) is 66.0 Å². The van der Waals surface area contributed by atoms with Crippen LogP contribution in [0.25, 0.3) is 10.8 Å². The van der Waals surface area contributed by atoms with Gasteiger partial charge in [-0.2, -0.15) is 13.2 Å². The maximum absolute atomic E-state index is 12.9. The van der Waals surface area contributed by atoms with Gasteiger partial charge in [0.1, 0.15) is 5.69 Å². The minimum Gasteiger partial charge on any atom is -0.391 e. The first-order valence-corrected chi connectivity index (χ1v) is 8.74. The maximum Gasteiger partial charge on any atom is 0.433 e. The molecule has 1 aliphatic rings. The average Bonchev–Trinajstić information content (AvgIpc) is 2.67. The van der Waals surface area contributed by atoms with Gasteiger partial charge in [-0.3, -0.25) is 0 Å². The molecule has 0 spiro atoms. The molecule has 4 rings (SSSR count). The molecule has 1 fully saturated rings. The molecule has 4 nitrogen and oxygen atoms in total. The fraction of sp³-hybridized carbons (Fsp3) is 0.300. The molecule has 0 saturated carbocycles. The molecule has 140 valence electrons. The van der Waals surface area contributed by atoms with Gasteiger partial charge in [-0.15, -0.1) is 0 Å². The van der Waals surface area contributed by atoms with Crippen LogP contribution in [0.5, 0.6) is 0 Å². The number of rotatable bonds is 2. The van der Waals surface area contributed by atoms with E-state index in [9.17, 15) is 18.3 Å². The van der Waals surface area contributed by atoms with Crippen LogP contribution in [0.4, 0.5) is 19.1 Å². The first-order valence-electron chi connectivity index (χ1n) is 8.74. The molecule has 1 N–H and O–H groups in total. The summed E-state index contributed by atoms with van der Waals surface area (Å²) in [6, 6.07) is 15.0. The van der Waals surface area contributed by atoms with Crippen LogP contribution < -0.4 is 4.90 Å². The summed E-state index contributed by atoms with van der Waals surface area (Å²) in [6.45, 7) is 0.675. The van der Waals surface area contributed by atoms with E-state index in [0.717, 1.165) is 28.6 Å². The van der Waals surface area contributed by atoms with Crippen molar-refractivity contribution in [3.8, 4) is 0 Å². The van der Waals surface area contributed by atoms with Crippen LogP contribution in [0, 0.1) is 0 Å². The summed E-state index contributed by atoms with van der Waals surface area (Å²) in [5.41, 5.74) is 0.0597. The average molecular weight is 373 g/mol. The summed E-state index contributed by atoms with van der Waals surface area (Å²) in [4.78, 5) is 9.18. The highest BCUT2D eigenvalue weighted by Gasteiger charge is 2.35. The number of benzene rings is 2. The van der Waals surface area contributed by atoms with Crippen LogP contribution in [0.1, 0.15) is 23.6 Å². The number of β-amino-alcohol motifs (C(OH)–C–C–N with tert-alkyl or cyclic N) is 1. The highest BCUT2D eigenvalue weighted by atomic mass is 19.4. The normalized spacial score (nSPS) is 20.8. The fourth-order valence-corrected chi connectivity index (χ4v) is 3.60. The molecule has 0 bridgehead atoms. The number of halogens is 3. The van der Waals surface area contributed by atoms with Gasteiger partial charge in [0.15, 0.2) is 0 Å². The zero-order chi connectivity index (χ0) is 19.0. The predicted molar refractivity (Wildman–Crippen MR) is 96.6 cm³/mol. The molecular weight excluding hydrogens is 355 g/mol. The number of fused-ring (bicyclic) bond motifs is 1. The number of hydrogen-bond acceptors (Lipinski definition) is 4. The Morgan fingerprint density at radius 1 is 1.04 bits per heavy atom. The molecule has 1 saturated heterocycles. The summed E-state index contributed by atoms with van der Waals surface area (Å²) >= 11 is 0. The lowest BCUT2D eigenvalue weighted by molar-refractivity contribution is -0.141. The van der Waals surface area contributed by atoms with Crippen molar-refractivity contribution in [2.75, 3.05) is 18.0 Å². The third kappa shape index (κ3) is 3.60. The Labute approximate surface area is 154 Å². The van der Waals surface area contributed by atoms with Crippen LogP contribution in [0.2, 0.25) is 0 Å². The Kier molecular flexibility index (Phi) is 4.47. The first-order chi connectivity index (χ1) is 12.9. The molecule has 27 heavy (non-hydrogen) atoms. The second-order valence-electron chi connectivity index (χ2n) is 6.75. The van der Waals surface area contributed by atoms with Gasteiger partial charge in [-0.1, -0.05) is 42.5 Å². The zero-order valence-electron chi connectivity index (χ0n) is 14.4. The minimum absolute atomic E-state index is 0.000775. The monoisotopic (exact) mass is 373 g/mol. The van der Waals surface area contributed by atoms with E-state index in [1.807, 2.05) is 36.4 Å². The quantitative estimate of drug-likeness (QED) is 0.738. The van der Waals surface area contributed by atoms with Crippen molar-refractivity contribution in [3.63, 3.8) is 0 Å². The molecule has 1 aromatic heterocycles. The highest BCUT2D eigenvalue weighted by molar-refractivity contribution is 5.83. The molecule has 0 aliphatic carbocycles. The summed E-state index contributed by atoms with van der Waals surface area (Å²) in [5.74, 6) is -0.0718. The Morgan fingerprint density at radius 3 is 2.56 bits per heavy atom. The van der Waals surface area contributed by atoms with Crippen molar-refractivity contribution >= 4 is 16.7 Å². The SMILES string of the molecule is O[C@@H]1CN(c2nccc(C(F)(F)F)n2)CC[C@H]1c1ccc2ccccc2c1. The van der Waals surface area contributed by atoms with Crippen molar-refractivity contribution in [2.24, 2.45) is 0 Å². The second-order valence-corrected chi connectivity index (χ2v) is 6.75. The van der Waals surface area contributed by atoms with E-state index < -0.39 is 18.0 Å². The first kappa shape index (κ1) is 17.7. The van der Waals surface area contributed by atoms with E-state index in [1.54, 1.807) is 4.90 Å². The molecule has 3 aromatic rings. The van der Waals surface area contributed by atoms with E-state index in [4.69, 9.17) is 0 Å². The number of aliphatic hydroxyl groups is 1. The lowest BCUT2D eigenvalue weighted by Crippen LogP contribution is -2.43. The van der Waals surface area contributed by atoms with E-state index in [-0.39, 0.29) is 18.4 Å². The lowest BCUT2D eigenvalue weighted by Gasteiger charge is -2.36. The fourth-order valence-electron chi connectivity index (χ4n) is 3.60. The van der Waals surface area contributed by atoms with Crippen molar-refractivity contribution in [1.29, 1.82) is 0 Å². The van der Waals surface area contributed by atoms with E-state index in [2.05, 4.69) is 16.0 Å². The standard InChI is InChI=1S/C20H18F3N3O/c21-20(22,23)18-7-9-24-19(25-18)26-10-8-16(17(27)12-26)15-6-5-13-3-1-2-4-14(13)11-15/h1-7,9,11,16-17,27H,8,10,12H2/t16-,17+/m0/s1. The number of aromatic nitrogens is 2. The second kappa shape index (κ2) is 6.81. The third-order valence-electron chi connectivity index (χ3n) is 5.00. The molecular formula is C20H18F3N3O. The Bertz CT molecular complexity index is 960. The predicted octanol–water partition coefficient (Wildman–Crippen LogP) is 4.00. The molecule has 0 radical (unpaired) electrons. The summed E-state index contributed by atoms with van der Waals surface area (Å²) in [6.07, 6.45) is -3.51. The van der Waals surface area contributed by atoms with Gasteiger partial charge in [0.05, 0.1) is 6.10 Å². The molecule has 1 aliphatic heterocycles. The van der Waals surface area contributed by atoms with Crippen LogP contribution in [-0.2, 0) is 6.18 Å². The largest absolute Gasteiger partial charge is 0.433 e. The van der Waals surface area contributed by atoms with Gasteiger partial charge >= 0.3 is 6.18 Å². The number of alkyl halides is 3. The molecule has 2 atom stereocenters. The number of aliphatic hydroxyl groups excluding tert-OH is 1. The van der Waals surface area contributed by atoms with E-state index in [1.165, 1.54) is 0 Å². The lowest BCUT2D eigenvalue weighted by atomic mass is 9.86. The van der Waals surface area contributed by atoms with Crippen molar-refractivity contribution < 1.29 is 18.3 Å². The maximum atomic E-state index is 12.9. The van der Waals surface area contributed by atoms with Gasteiger partial charge in [0, 0.05) is 25.2 Å². The highest BCUT2D eigenvalue weighted by Crippen LogP contribution is 2.33. The van der Waals surface area contributed by atoms with Gasteiger partial charge < -0.3 is 10.0 Å². The minimum atomic E-state index is -4.51. The summed E-state index contributed by atoms with van der Waals surface area (Å²) < 4.78 is 38.6. The van der Waals surface area contributed by atoms with Crippen LogP contribution in [-0.4, -0.2) is 34.3 Å². The number of piperidine rings is 1. The third-order valence-corrected chi connectivity index (χ3v) is 5.00. The topological polar surface area (TPSA) is 49.2 Å². The molecule has 0 amide bonds. The van der Waals surface area contributed by atoms with Gasteiger partial charge in [-0.05, 0) is 28.8 Å². The van der Waals surface area contributed by atoms with Gasteiger partial charge in [0.25, 0.3) is 0 Å². The van der Waals surface area contributed by atoms with Crippen LogP contribution in [0.15, 0.2) is 54.7 Å². The molecule has 0 unspecified atom stereocenters.